The van der Waals surface area contributed by atoms with Gasteiger partial charge < -0.3 is 14.8 Å². The zero-order valence-corrected chi connectivity index (χ0v) is 22.5. The van der Waals surface area contributed by atoms with E-state index in [2.05, 4.69) is 5.32 Å². The molecule has 0 aromatic heterocycles. The van der Waals surface area contributed by atoms with Gasteiger partial charge in [-0.15, -0.1) is 0 Å². The van der Waals surface area contributed by atoms with Gasteiger partial charge in [-0.2, -0.15) is 4.31 Å². The molecule has 1 amide bonds. The molecule has 0 unspecified atom stereocenters. The van der Waals surface area contributed by atoms with Crippen molar-refractivity contribution in [2.75, 3.05) is 55.8 Å². The number of anilines is 2. The second kappa shape index (κ2) is 11.1. The van der Waals surface area contributed by atoms with Crippen LogP contribution >= 0.6 is 34.8 Å². The average Bonchev–Trinajstić information content (AvgIpc) is 2.80. The molecule has 0 bridgehead atoms. The molecule has 1 N–H and O–H groups in total. The van der Waals surface area contributed by atoms with Gasteiger partial charge in [0.05, 0.1) is 57.9 Å². The lowest BCUT2D eigenvalue weighted by molar-refractivity contribution is -0.114. The average molecular weight is 587 g/mol. The van der Waals surface area contributed by atoms with Gasteiger partial charge in [0.2, 0.25) is 26.0 Å². The van der Waals surface area contributed by atoms with Crippen molar-refractivity contribution in [3.8, 4) is 5.75 Å². The number of morpholine rings is 1. The highest BCUT2D eigenvalue weighted by Gasteiger charge is 2.28. The molecule has 10 nitrogen and oxygen atoms in total. The smallest absolute Gasteiger partial charge is 0.245 e. The van der Waals surface area contributed by atoms with Crippen LogP contribution in [0.5, 0.6) is 5.75 Å². The number of halogens is 3. The van der Waals surface area contributed by atoms with E-state index in [0.717, 1.165) is 10.6 Å². The molecule has 0 aliphatic carbocycles. The Morgan fingerprint density at radius 3 is 2.29 bits per heavy atom. The third-order valence-corrected chi connectivity index (χ3v) is 9.04. The summed E-state index contributed by atoms with van der Waals surface area (Å²) in [5.74, 6) is -0.602. The predicted octanol–water partition coefficient (Wildman–Crippen LogP) is 3.08. The van der Waals surface area contributed by atoms with Crippen LogP contribution in [0.15, 0.2) is 35.2 Å². The maximum absolute atomic E-state index is 13.0. The predicted molar refractivity (Wildman–Crippen MR) is 135 cm³/mol. The van der Waals surface area contributed by atoms with Gasteiger partial charge in [-0.3, -0.25) is 9.10 Å². The zero-order valence-electron chi connectivity index (χ0n) is 18.6. The molecule has 35 heavy (non-hydrogen) atoms. The summed E-state index contributed by atoms with van der Waals surface area (Å²) in [4.78, 5) is 12.8. The Balaban J connectivity index is 1.90. The van der Waals surface area contributed by atoms with Gasteiger partial charge in [0.25, 0.3) is 0 Å². The SMILES string of the molecule is COc1ccc(S(=O)(=O)N2CCOCC2)cc1NC(=O)CN(c1cc(Cl)c(Cl)cc1Cl)S(C)(=O)=O. The Labute approximate surface area is 218 Å². The molecule has 1 saturated heterocycles. The van der Waals surface area contributed by atoms with Gasteiger partial charge >= 0.3 is 0 Å². The van der Waals surface area contributed by atoms with Gasteiger partial charge in [-0.25, -0.2) is 16.8 Å². The summed E-state index contributed by atoms with van der Waals surface area (Å²) in [7, 11) is -6.49. The number of sulfonamides is 2. The van der Waals surface area contributed by atoms with E-state index in [4.69, 9.17) is 44.3 Å². The van der Waals surface area contributed by atoms with Gasteiger partial charge in [0.1, 0.15) is 12.3 Å². The van der Waals surface area contributed by atoms with Crippen LogP contribution in [0.1, 0.15) is 0 Å². The highest BCUT2D eigenvalue weighted by Crippen LogP contribution is 2.36. The molecule has 3 rings (SSSR count). The fourth-order valence-electron chi connectivity index (χ4n) is 3.29. The number of hydrogen-bond acceptors (Lipinski definition) is 7. The third kappa shape index (κ3) is 6.50. The normalized spacial score (nSPS) is 15.0. The monoisotopic (exact) mass is 585 g/mol. The highest BCUT2D eigenvalue weighted by molar-refractivity contribution is 7.92. The number of hydrogen-bond donors (Lipinski definition) is 1. The molecular formula is C20H22Cl3N3O7S2. The molecule has 15 heteroatoms. The standard InChI is InChI=1S/C20H22Cl3N3O7S2/c1-32-19-4-3-13(35(30,31)25-5-7-33-8-6-25)9-17(19)24-20(27)12-26(34(2,28)29)18-11-15(22)14(21)10-16(18)23/h3-4,9-11H,5-8,12H2,1-2H3,(H,24,27). The number of nitrogens with zero attached hydrogens (tertiary/aromatic N) is 2. The number of rotatable bonds is 8. The van der Waals surface area contributed by atoms with Gasteiger partial charge in [-0.05, 0) is 30.3 Å². The van der Waals surface area contributed by atoms with Gasteiger partial charge in [-0.1, -0.05) is 34.8 Å². The van der Waals surface area contributed by atoms with E-state index >= 15 is 0 Å². The molecule has 0 radical (unpaired) electrons. The zero-order chi connectivity index (χ0) is 26.0. The van der Waals surface area contributed by atoms with Crippen LogP contribution in [0.2, 0.25) is 15.1 Å². The Kier molecular flexibility index (Phi) is 8.79. The summed E-state index contributed by atoms with van der Waals surface area (Å²) in [6.45, 7) is 0.267. The van der Waals surface area contributed by atoms with E-state index in [9.17, 15) is 21.6 Å². The van der Waals surface area contributed by atoms with Crippen molar-refractivity contribution in [2.24, 2.45) is 0 Å². The van der Waals surface area contributed by atoms with E-state index < -0.39 is 32.5 Å². The molecular weight excluding hydrogens is 565 g/mol. The fourth-order valence-corrected chi connectivity index (χ4v) is 6.27. The molecule has 0 spiro atoms. The van der Waals surface area contributed by atoms with Crippen molar-refractivity contribution in [3.05, 3.63) is 45.4 Å². The number of amides is 1. The summed E-state index contributed by atoms with van der Waals surface area (Å²) in [6, 6.07) is 6.50. The second-order valence-electron chi connectivity index (χ2n) is 7.41. The first-order valence-corrected chi connectivity index (χ1v) is 14.4. The van der Waals surface area contributed by atoms with Crippen LogP contribution in [0.3, 0.4) is 0 Å². The van der Waals surface area contributed by atoms with Crippen LogP contribution in [0.25, 0.3) is 0 Å². The number of benzene rings is 2. The first kappa shape index (κ1) is 27.8. The van der Waals surface area contributed by atoms with E-state index in [1.54, 1.807) is 0 Å². The van der Waals surface area contributed by atoms with Crippen molar-refractivity contribution in [2.45, 2.75) is 4.90 Å². The quantitative estimate of drug-likeness (QED) is 0.472. The van der Waals surface area contributed by atoms with Crippen molar-refractivity contribution in [3.63, 3.8) is 0 Å². The van der Waals surface area contributed by atoms with Crippen molar-refractivity contribution in [1.82, 2.24) is 4.31 Å². The molecule has 2 aromatic rings. The molecule has 0 atom stereocenters. The first-order chi connectivity index (χ1) is 16.3. The molecule has 2 aromatic carbocycles. The van der Waals surface area contributed by atoms with Crippen LogP contribution < -0.4 is 14.4 Å². The first-order valence-electron chi connectivity index (χ1n) is 10.0. The van der Waals surface area contributed by atoms with Crippen molar-refractivity contribution >= 4 is 72.1 Å². The van der Waals surface area contributed by atoms with Crippen LogP contribution in [0, 0.1) is 0 Å². The Hall–Kier alpha value is -1.80. The summed E-state index contributed by atoms with van der Waals surface area (Å²) < 4.78 is 63.4. The molecule has 192 valence electrons. The Bertz CT molecular complexity index is 1330. The van der Waals surface area contributed by atoms with Gasteiger partial charge in [0, 0.05) is 13.1 Å². The summed E-state index contributed by atoms with van der Waals surface area (Å²) in [5, 5.41) is 2.64. The van der Waals surface area contributed by atoms with Crippen molar-refractivity contribution in [1.29, 1.82) is 0 Å². The summed E-state index contributed by atoms with van der Waals surface area (Å²) in [6.07, 6.45) is 0.898. The van der Waals surface area contributed by atoms with Crippen LogP contribution in [-0.2, 0) is 29.6 Å². The lowest BCUT2D eigenvalue weighted by Gasteiger charge is -2.26. The minimum absolute atomic E-state index is 0.0335. The van der Waals surface area contributed by atoms with Crippen LogP contribution in [0.4, 0.5) is 11.4 Å². The third-order valence-electron chi connectivity index (χ3n) is 5.00. The van der Waals surface area contributed by atoms with E-state index in [-0.39, 0.29) is 63.4 Å². The molecule has 1 heterocycles. The topological polar surface area (TPSA) is 122 Å². The maximum Gasteiger partial charge on any atom is 0.245 e. The summed E-state index contributed by atoms with van der Waals surface area (Å²) >= 11 is 18.1. The molecule has 1 aliphatic heterocycles. The number of carbonyl (C=O) groups excluding carboxylic acids is 1. The highest BCUT2D eigenvalue weighted by atomic mass is 35.5. The molecule has 1 aliphatic rings. The summed E-state index contributed by atoms with van der Waals surface area (Å²) in [5.41, 5.74) is -0.00477. The largest absolute Gasteiger partial charge is 0.495 e. The fraction of sp³-hybridized carbons (Fsp3) is 0.350. The second-order valence-corrected chi connectivity index (χ2v) is 12.5. The number of methoxy groups -OCH3 is 1. The molecule has 1 fully saturated rings. The van der Waals surface area contributed by atoms with Crippen LogP contribution in [-0.4, -0.2) is 73.3 Å². The van der Waals surface area contributed by atoms with E-state index in [0.29, 0.717) is 0 Å². The number of ether oxygens (including phenoxy) is 2. The van der Waals surface area contributed by atoms with Gasteiger partial charge in [0.15, 0.2) is 0 Å². The lowest BCUT2D eigenvalue weighted by Crippen LogP contribution is -2.40. The Morgan fingerprint density at radius 1 is 1.06 bits per heavy atom. The Morgan fingerprint density at radius 2 is 1.69 bits per heavy atom. The minimum atomic E-state index is -3.98. The number of nitrogens with one attached hydrogen (secondary N) is 1. The van der Waals surface area contributed by atoms with Crippen molar-refractivity contribution < 1.29 is 31.1 Å². The van der Waals surface area contributed by atoms with E-state index in [1.807, 2.05) is 0 Å². The number of carbonyl (C=O) groups is 1. The lowest BCUT2D eigenvalue weighted by atomic mass is 10.3. The maximum atomic E-state index is 13.0. The molecule has 0 saturated carbocycles. The van der Waals surface area contributed by atoms with E-state index in [1.165, 1.54) is 41.7 Å². The minimum Gasteiger partial charge on any atom is -0.495 e.